The van der Waals surface area contributed by atoms with Crippen molar-refractivity contribution in [3.63, 3.8) is 0 Å². The van der Waals surface area contributed by atoms with Gasteiger partial charge in [-0.3, -0.25) is 9.78 Å². The van der Waals surface area contributed by atoms with Crippen LogP contribution in [0.3, 0.4) is 0 Å². The van der Waals surface area contributed by atoms with Gasteiger partial charge in [0.25, 0.3) is 0 Å². The van der Waals surface area contributed by atoms with E-state index in [1.54, 1.807) is 18.3 Å². The second-order valence-electron chi connectivity index (χ2n) is 10.1. The van der Waals surface area contributed by atoms with E-state index in [1.165, 1.54) is 12.1 Å². The Labute approximate surface area is 209 Å². The zero-order valence-electron chi connectivity index (χ0n) is 20.5. The van der Waals surface area contributed by atoms with Gasteiger partial charge in [0, 0.05) is 42.9 Å². The van der Waals surface area contributed by atoms with E-state index in [2.05, 4.69) is 16.4 Å². The van der Waals surface area contributed by atoms with Crippen molar-refractivity contribution in [2.24, 2.45) is 29.6 Å². The van der Waals surface area contributed by atoms with Gasteiger partial charge in [-0.1, -0.05) is 24.3 Å². The highest BCUT2D eigenvalue weighted by Gasteiger charge is 2.54. The fourth-order valence-corrected chi connectivity index (χ4v) is 6.40. The molecular formula is C28H31F2N3O3. The Balaban J connectivity index is 1.38. The Bertz CT molecular complexity index is 1170. The van der Waals surface area contributed by atoms with E-state index in [-0.39, 0.29) is 47.3 Å². The summed E-state index contributed by atoms with van der Waals surface area (Å²) in [6, 6.07) is 7.55. The molecular weight excluding hydrogens is 464 g/mol. The molecule has 1 N–H and O–H groups in total. The molecule has 2 saturated heterocycles. The summed E-state index contributed by atoms with van der Waals surface area (Å²) in [6.07, 6.45) is 7.07. The molecule has 0 radical (unpaired) electrons. The third-order valence-corrected chi connectivity index (χ3v) is 8.05. The van der Waals surface area contributed by atoms with Crippen LogP contribution in [0.25, 0.3) is 17.2 Å². The lowest BCUT2D eigenvalue weighted by molar-refractivity contribution is -0.144. The van der Waals surface area contributed by atoms with E-state index in [9.17, 15) is 18.4 Å². The molecule has 2 aromatic rings. The molecule has 190 valence electrons. The molecule has 0 bridgehead atoms. The van der Waals surface area contributed by atoms with E-state index in [1.807, 2.05) is 24.8 Å². The molecule has 5 rings (SSSR count). The molecule has 1 aliphatic carbocycles. The highest BCUT2D eigenvalue weighted by molar-refractivity contribution is 5.76. The quantitative estimate of drug-likeness (QED) is 0.613. The average molecular weight is 496 g/mol. The first-order valence-corrected chi connectivity index (χ1v) is 12.7. The number of rotatable bonds is 4. The number of esters is 1. The second kappa shape index (κ2) is 9.99. The first-order chi connectivity index (χ1) is 17.4. The number of hydrogen-bond acceptors (Lipinski definition) is 4. The van der Waals surface area contributed by atoms with E-state index in [0.717, 1.165) is 18.9 Å². The topological polar surface area (TPSA) is 71.5 Å². The highest BCUT2D eigenvalue weighted by atomic mass is 19.2. The van der Waals surface area contributed by atoms with Gasteiger partial charge < -0.3 is 15.0 Å². The van der Waals surface area contributed by atoms with Crippen LogP contribution in [0.2, 0.25) is 0 Å². The van der Waals surface area contributed by atoms with Gasteiger partial charge in [0.1, 0.15) is 6.10 Å². The number of nitrogens with one attached hydrogen (secondary N) is 1. The lowest BCUT2D eigenvalue weighted by Crippen LogP contribution is -2.53. The fourth-order valence-electron chi connectivity index (χ4n) is 6.40. The Hall–Kier alpha value is -3.29. The number of ether oxygens (including phenoxy) is 1. The van der Waals surface area contributed by atoms with Crippen molar-refractivity contribution in [3.8, 4) is 11.1 Å². The van der Waals surface area contributed by atoms with Crippen molar-refractivity contribution in [3.05, 3.63) is 59.9 Å². The normalized spacial score (nSPS) is 29.6. The van der Waals surface area contributed by atoms with Crippen LogP contribution >= 0.6 is 0 Å². The number of amides is 2. The van der Waals surface area contributed by atoms with Crippen LogP contribution in [0.1, 0.15) is 32.4 Å². The number of nitrogens with zero attached hydrogens (tertiary/aromatic N) is 2. The molecule has 6 atom stereocenters. The van der Waals surface area contributed by atoms with Crippen LogP contribution < -0.4 is 5.32 Å². The van der Waals surface area contributed by atoms with Gasteiger partial charge in [-0.2, -0.15) is 0 Å². The number of carbonyl (C=O) groups excluding carboxylic acids is 2. The number of carbonyl (C=O) groups is 2. The summed E-state index contributed by atoms with van der Waals surface area (Å²) < 4.78 is 33.4. The number of hydrogen-bond donors (Lipinski definition) is 1. The Morgan fingerprint density at radius 1 is 1.28 bits per heavy atom. The number of cyclic esters (lactones) is 1. The minimum Gasteiger partial charge on any atom is -0.462 e. The van der Waals surface area contributed by atoms with E-state index >= 15 is 0 Å². The predicted octanol–water partition coefficient (Wildman–Crippen LogP) is 4.91. The molecule has 5 unspecified atom stereocenters. The maximum atomic E-state index is 14.2. The standard InChI is InChI=1S/C28H31F2N3O3/c1-3-31-28(35)33-12-11-20-18(15-33)13-23-25(16(2)36-27(23)34)22(20)10-9-19-8-7-17(14-32-19)21-5-4-6-24(29)26(21)30/h4-10,14,16,18,20,22-23,25H,3,11-13,15H2,1-2H3,(H,31,35)/b10-9+/t16-,18?,20?,22?,23?,25?/m1/s1. The molecule has 1 aromatic heterocycles. The number of fused-ring (bicyclic) bond motifs is 2. The van der Waals surface area contributed by atoms with Crippen LogP contribution in [0.4, 0.5) is 13.6 Å². The van der Waals surface area contributed by atoms with Crippen LogP contribution in [-0.4, -0.2) is 47.6 Å². The van der Waals surface area contributed by atoms with Crippen molar-refractivity contribution < 1.29 is 23.1 Å². The van der Waals surface area contributed by atoms with Gasteiger partial charge in [0.05, 0.1) is 11.6 Å². The summed E-state index contributed by atoms with van der Waals surface area (Å²) in [6.45, 7) is 5.78. The monoisotopic (exact) mass is 495 g/mol. The summed E-state index contributed by atoms with van der Waals surface area (Å²) in [5, 5.41) is 2.88. The number of likely N-dealkylation sites (tertiary alicyclic amines) is 1. The van der Waals surface area contributed by atoms with Crippen LogP contribution in [0.15, 0.2) is 42.6 Å². The van der Waals surface area contributed by atoms with Gasteiger partial charge >= 0.3 is 12.0 Å². The largest absolute Gasteiger partial charge is 0.462 e. The van der Waals surface area contributed by atoms with Crippen molar-refractivity contribution in [1.29, 1.82) is 0 Å². The minimum absolute atomic E-state index is 0.0495. The molecule has 3 heterocycles. The fraction of sp³-hybridized carbons (Fsp3) is 0.464. The summed E-state index contributed by atoms with van der Waals surface area (Å²) >= 11 is 0. The molecule has 1 saturated carbocycles. The van der Waals surface area contributed by atoms with E-state index < -0.39 is 11.6 Å². The van der Waals surface area contributed by atoms with E-state index in [4.69, 9.17) is 4.74 Å². The molecule has 2 aliphatic heterocycles. The third-order valence-electron chi connectivity index (χ3n) is 8.05. The highest BCUT2D eigenvalue weighted by Crippen LogP contribution is 2.51. The van der Waals surface area contributed by atoms with Crippen LogP contribution in [-0.2, 0) is 9.53 Å². The Morgan fingerprint density at radius 3 is 2.86 bits per heavy atom. The maximum absolute atomic E-state index is 14.2. The minimum atomic E-state index is -0.890. The predicted molar refractivity (Wildman–Crippen MR) is 132 cm³/mol. The number of aromatic nitrogens is 1. The SMILES string of the molecule is CCNC(=O)N1CCC2C(CC3C(=O)O[C@H](C)C3C2/C=C/c2ccc(-c3cccc(F)c3F)cn2)C1. The van der Waals surface area contributed by atoms with Crippen molar-refractivity contribution in [2.75, 3.05) is 19.6 Å². The van der Waals surface area contributed by atoms with E-state index in [0.29, 0.717) is 36.8 Å². The molecule has 3 aliphatic rings. The number of halogens is 2. The number of urea groups is 1. The number of pyridine rings is 1. The number of benzene rings is 1. The van der Waals surface area contributed by atoms with Gasteiger partial charge in [-0.15, -0.1) is 0 Å². The molecule has 8 heteroatoms. The first kappa shape index (κ1) is 24.4. The third kappa shape index (κ3) is 4.49. The summed E-state index contributed by atoms with van der Waals surface area (Å²) in [5.74, 6) is -1.32. The average Bonchev–Trinajstić information content (AvgIpc) is 3.16. The Kier molecular flexibility index (Phi) is 6.77. The van der Waals surface area contributed by atoms with Crippen LogP contribution in [0.5, 0.6) is 0 Å². The molecule has 0 spiro atoms. The maximum Gasteiger partial charge on any atom is 0.317 e. The Morgan fingerprint density at radius 2 is 2.11 bits per heavy atom. The summed E-state index contributed by atoms with van der Waals surface area (Å²) in [7, 11) is 0. The lowest BCUT2D eigenvalue weighted by atomic mass is 9.59. The molecule has 36 heavy (non-hydrogen) atoms. The zero-order chi connectivity index (χ0) is 25.4. The number of allylic oxidation sites excluding steroid dienone is 1. The van der Waals surface area contributed by atoms with Crippen molar-refractivity contribution in [2.45, 2.75) is 32.8 Å². The smallest absolute Gasteiger partial charge is 0.317 e. The summed E-state index contributed by atoms with van der Waals surface area (Å²) in [4.78, 5) is 31.4. The lowest BCUT2D eigenvalue weighted by Gasteiger charge is -2.48. The first-order valence-electron chi connectivity index (χ1n) is 12.7. The molecule has 2 amide bonds. The summed E-state index contributed by atoms with van der Waals surface area (Å²) in [5.41, 5.74) is 1.38. The second-order valence-corrected chi connectivity index (χ2v) is 10.1. The van der Waals surface area contributed by atoms with Crippen molar-refractivity contribution >= 4 is 18.1 Å². The van der Waals surface area contributed by atoms with Gasteiger partial charge in [0.2, 0.25) is 0 Å². The molecule has 6 nitrogen and oxygen atoms in total. The van der Waals surface area contributed by atoms with Crippen LogP contribution in [0, 0.1) is 41.2 Å². The number of piperidine rings is 1. The van der Waals surface area contributed by atoms with Gasteiger partial charge in [-0.05, 0) is 62.7 Å². The van der Waals surface area contributed by atoms with Gasteiger partial charge in [-0.25, -0.2) is 13.6 Å². The van der Waals surface area contributed by atoms with Crippen molar-refractivity contribution in [1.82, 2.24) is 15.2 Å². The molecule has 3 fully saturated rings. The van der Waals surface area contributed by atoms with Gasteiger partial charge in [0.15, 0.2) is 11.6 Å². The molecule has 1 aromatic carbocycles. The zero-order valence-corrected chi connectivity index (χ0v) is 20.5.